The van der Waals surface area contributed by atoms with Gasteiger partial charge in [0.25, 0.3) is 6.47 Å². The number of tetrazole rings is 1. The smallest absolute Gasteiger partial charge is 0.290 e. The maximum Gasteiger partial charge on any atom is 0.290 e. The van der Waals surface area contributed by atoms with E-state index in [1.165, 1.54) is 0 Å². The molecular weight excluding hydrogens is 334 g/mol. The highest BCUT2D eigenvalue weighted by molar-refractivity contribution is 5.40. The largest absolute Gasteiger partial charge is 0.483 e. The summed E-state index contributed by atoms with van der Waals surface area (Å²) in [6.07, 6.45) is 8.04. The van der Waals surface area contributed by atoms with Crippen LogP contribution in [0.3, 0.4) is 0 Å². The lowest BCUT2D eigenvalue weighted by atomic mass is 9.97. The summed E-state index contributed by atoms with van der Waals surface area (Å²) in [5.74, 6) is 1.51. The number of para-hydroxylation sites is 1. The fourth-order valence-corrected chi connectivity index (χ4v) is 3.12. The predicted octanol–water partition coefficient (Wildman–Crippen LogP) is 1.48. The van der Waals surface area contributed by atoms with Gasteiger partial charge in [0.05, 0.1) is 12.0 Å². The summed E-state index contributed by atoms with van der Waals surface area (Å²) in [5, 5.41) is 19.1. The molecule has 1 aromatic carbocycles. The molecule has 1 aliphatic rings. The van der Waals surface area contributed by atoms with Gasteiger partial charge < -0.3 is 14.6 Å². The molecule has 9 heteroatoms. The Hall–Kier alpha value is -3.23. The van der Waals surface area contributed by atoms with Crippen molar-refractivity contribution in [3.63, 3.8) is 0 Å². The summed E-state index contributed by atoms with van der Waals surface area (Å²) in [6, 6.07) is 10.0. The van der Waals surface area contributed by atoms with E-state index in [2.05, 4.69) is 30.0 Å². The van der Waals surface area contributed by atoms with Gasteiger partial charge in [-0.05, 0) is 41.3 Å². The van der Waals surface area contributed by atoms with Crippen molar-refractivity contribution in [3.8, 4) is 5.69 Å². The number of carbonyl (C=O) groups is 1. The third-order valence-corrected chi connectivity index (χ3v) is 4.38. The molecule has 0 amide bonds. The Bertz CT molecular complexity index is 781. The number of aromatic nitrogens is 6. The molecule has 3 heterocycles. The van der Waals surface area contributed by atoms with Crippen molar-refractivity contribution < 1.29 is 9.90 Å². The third-order valence-electron chi connectivity index (χ3n) is 4.38. The quantitative estimate of drug-likeness (QED) is 0.707. The summed E-state index contributed by atoms with van der Waals surface area (Å²) in [6.45, 7) is 2.75. The van der Waals surface area contributed by atoms with Crippen LogP contribution >= 0.6 is 0 Å². The van der Waals surface area contributed by atoms with Crippen LogP contribution in [-0.4, -0.2) is 54.4 Å². The molecule has 0 radical (unpaired) electrons. The van der Waals surface area contributed by atoms with Crippen LogP contribution in [-0.2, 0) is 11.3 Å². The first-order valence-electron chi connectivity index (χ1n) is 8.44. The fourth-order valence-electron chi connectivity index (χ4n) is 3.12. The SMILES string of the molecule is O=CO.c1ccc(-n2nnnc2N2CCC(Cn3ccnc3)CC2)cc1. The van der Waals surface area contributed by atoms with Crippen LogP contribution in [0.2, 0.25) is 0 Å². The lowest BCUT2D eigenvalue weighted by Crippen LogP contribution is -2.36. The highest BCUT2D eigenvalue weighted by atomic mass is 16.3. The molecule has 1 N–H and O–H groups in total. The van der Waals surface area contributed by atoms with Crippen molar-refractivity contribution in [1.29, 1.82) is 0 Å². The number of imidazole rings is 1. The Morgan fingerprint density at radius 3 is 2.58 bits per heavy atom. The van der Waals surface area contributed by atoms with E-state index in [4.69, 9.17) is 9.90 Å². The summed E-state index contributed by atoms with van der Waals surface area (Å²) < 4.78 is 3.98. The second-order valence-electron chi connectivity index (χ2n) is 6.02. The van der Waals surface area contributed by atoms with Gasteiger partial charge in [-0.2, -0.15) is 4.68 Å². The second kappa shape index (κ2) is 8.75. The Morgan fingerprint density at radius 2 is 1.92 bits per heavy atom. The van der Waals surface area contributed by atoms with Crippen LogP contribution in [0.1, 0.15) is 12.8 Å². The van der Waals surface area contributed by atoms with E-state index < -0.39 is 0 Å². The van der Waals surface area contributed by atoms with E-state index in [-0.39, 0.29) is 6.47 Å². The molecule has 3 aromatic rings. The molecule has 2 aromatic heterocycles. The minimum Gasteiger partial charge on any atom is -0.483 e. The first-order chi connectivity index (χ1) is 12.8. The molecule has 136 valence electrons. The average Bonchev–Trinajstić information content (AvgIpc) is 3.36. The number of nitrogens with zero attached hydrogens (tertiary/aromatic N) is 7. The molecule has 1 aliphatic heterocycles. The predicted molar refractivity (Wildman–Crippen MR) is 95.0 cm³/mol. The zero-order valence-corrected chi connectivity index (χ0v) is 14.3. The van der Waals surface area contributed by atoms with Crippen molar-refractivity contribution in [2.45, 2.75) is 19.4 Å². The number of piperidine rings is 1. The van der Waals surface area contributed by atoms with Crippen molar-refractivity contribution in [2.24, 2.45) is 5.92 Å². The average molecular weight is 355 g/mol. The standard InChI is InChI=1S/C16H19N7.CH2O2/c1-2-4-15(5-3-1)23-16(18-19-20-23)22-9-6-14(7-10-22)12-21-11-8-17-13-21;2-1-3/h1-5,8,11,13-14H,6-7,9-10,12H2;1H,(H,2,3). The summed E-state index contributed by atoms with van der Waals surface area (Å²) in [7, 11) is 0. The Labute approximate surface area is 150 Å². The Kier molecular flexibility index (Phi) is 5.92. The zero-order chi connectivity index (χ0) is 18.2. The van der Waals surface area contributed by atoms with Gasteiger partial charge in [-0.15, -0.1) is 0 Å². The molecule has 0 bridgehead atoms. The van der Waals surface area contributed by atoms with E-state index in [9.17, 15) is 0 Å². The summed E-state index contributed by atoms with van der Waals surface area (Å²) in [5.41, 5.74) is 0.994. The number of carboxylic acid groups (broad SMARTS) is 1. The van der Waals surface area contributed by atoms with Gasteiger partial charge in [-0.3, -0.25) is 4.79 Å². The topological polar surface area (TPSA) is 102 Å². The number of anilines is 1. The minimum atomic E-state index is -0.250. The zero-order valence-electron chi connectivity index (χ0n) is 14.3. The molecular formula is C17H21N7O2. The van der Waals surface area contributed by atoms with Crippen molar-refractivity contribution in [1.82, 2.24) is 29.8 Å². The lowest BCUT2D eigenvalue weighted by molar-refractivity contribution is -0.122. The molecule has 9 nitrogen and oxygen atoms in total. The van der Waals surface area contributed by atoms with E-state index in [0.29, 0.717) is 5.92 Å². The summed E-state index contributed by atoms with van der Waals surface area (Å²) in [4.78, 5) is 14.7. The third kappa shape index (κ3) is 4.24. The van der Waals surface area contributed by atoms with E-state index in [0.717, 1.165) is 44.1 Å². The highest BCUT2D eigenvalue weighted by Gasteiger charge is 2.23. The van der Waals surface area contributed by atoms with Gasteiger partial charge in [-0.25, -0.2) is 4.98 Å². The van der Waals surface area contributed by atoms with Crippen LogP contribution in [0.15, 0.2) is 49.1 Å². The van der Waals surface area contributed by atoms with Gasteiger partial charge in [0.15, 0.2) is 0 Å². The van der Waals surface area contributed by atoms with Gasteiger partial charge in [0.1, 0.15) is 0 Å². The molecule has 1 fully saturated rings. The molecule has 1 saturated heterocycles. The molecule has 0 unspecified atom stereocenters. The lowest BCUT2D eigenvalue weighted by Gasteiger charge is -2.32. The monoisotopic (exact) mass is 355 g/mol. The number of benzene rings is 1. The van der Waals surface area contributed by atoms with Crippen molar-refractivity contribution in [2.75, 3.05) is 18.0 Å². The molecule has 0 spiro atoms. The van der Waals surface area contributed by atoms with Gasteiger partial charge in [-0.1, -0.05) is 23.3 Å². The van der Waals surface area contributed by atoms with Crippen LogP contribution in [0.4, 0.5) is 5.95 Å². The van der Waals surface area contributed by atoms with Crippen LogP contribution in [0.25, 0.3) is 5.69 Å². The van der Waals surface area contributed by atoms with Crippen LogP contribution < -0.4 is 4.90 Å². The molecule has 0 aliphatic carbocycles. The van der Waals surface area contributed by atoms with Crippen molar-refractivity contribution in [3.05, 3.63) is 49.1 Å². The number of rotatable bonds is 4. The molecule has 0 atom stereocenters. The number of hydrogen-bond donors (Lipinski definition) is 1. The molecule has 0 saturated carbocycles. The van der Waals surface area contributed by atoms with Gasteiger partial charge in [0, 0.05) is 32.0 Å². The maximum atomic E-state index is 8.36. The van der Waals surface area contributed by atoms with Crippen LogP contribution in [0, 0.1) is 5.92 Å². The van der Waals surface area contributed by atoms with Crippen molar-refractivity contribution >= 4 is 12.4 Å². The maximum absolute atomic E-state index is 8.36. The molecule has 4 rings (SSSR count). The van der Waals surface area contributed by atoms with E-state index >= 15 is 0 Å². The van der Waals surface area contributed by atoms with Crippen LogP contribution in [0.5, 0.6) is 0 Å². The number of hydrogen-bond acceptors (Lipinski definition) is 6. The van der Waals surface area contributed by atoms with E-state index in [1.807, 2.05) is 53.7 Å². The Morgan fingerprint density at radius 1 is 1.19 bits per heavy atom. The molecule has 26 heavy (non-hydrogen) atoms. The van der Waals surface area contributed by atoms with Gasteiger partial charge in [0.2, 0.25) is 5.95 Å². The first kappa shape index (κ1) is 17.6. The highest BCUT2D eigenvalue weighted by Crippen LogP contribution is 2.24. The van der Waals surface area contributed by atoms with E-state index in [1.54, 1.807) is 0 Å². The second-order valence-corrected chi connectivity index (χ2v) is 6.02. The fraction of sp³-hybridized carbons (Fsp3) is 0.353. The normalized spacial score (nSPS) is 14.5. The summed E-state index contributed by atoms with van der Waals surface area (Å²) >= 11 is 0. The van der Waals surface area contributed by atoms with Gasteiger partial charge >= 0.3 is 0 Å². The Balaban J connectivity index is 0.000000613. The minimum absolute atomic E-state index is 0.250. The first-order valence-corrected chi connectivity index (χ1v) is 8.44.